The third-order valence-electron chi connectivity index (χ3n) is 1.78. The molecule has 0 saturated heterocycles. The number of hydrogen-bond acceptors (Lipinski definition) is 2. The number of halogens is 1. The summed E-state index contributed by atoms with van der Waals surface area (Å²) in [6.45, 7) is 6.30. The van der Waals surface area contributed by atoms with Gasteiger partial charge < -0.3 is 0 Å². The molecule has 0 radical (unpaired) electrons. The zero-order valence-corrected chi connectivity index (χ0v) is 10.8. The molecule has 0 aliphatic carbocycles. The Balaban J connectivity index is 2.62. The van der Waals surface area contributed by atoms with Gasteiger partial charge in [0.15, 0.2) is 5.78 Å². The zero-order valence-electron chi connectivity index (χ0n) is 9.21. The average molecular weight is 243 g/mol. The smallest absolute Gasteiger partial charge is 0.172 e. The number of carbonyl (C=O) groups is 1. The lowest BCUT2D eigenvalue weighted by molar-refractivity contribution is 0.102. The summed E-state index contributed by atoms with van der Waals surface area (Å²) in [4.78, 5) is 11.8. The van der Waals surface area contributed by atoms with Crippen LogP contribution in [0.25, 0.3) is 0 Å². The van der Waals surface area contributed by atoms with Crippen molar-refractivity contribution in [1.82, 2.24) is 0 Å². The molecule has 1 rings (SSSR count). The molecule has 0 fully saturated rings. The van der Waals surface area contributed by atoms with Gasteiger partial charge in [0.1, 0.15) is 0 Å². The molecular weight excluding hydrogens is 228 g/mol. The summed E-state index contributed by atoms with van der Waals surface area (Å²) in [5, 5.41) is 0.613. The summed E-state index contributed by atoms with van der Waals surface area (Å²) in [6.07, 6.45) is 0. The van der Waals surface area contributed by atoms with Crippen LogP contribution < -0.4 is 0 Å². The van der Waals surface area contributed by atoms with Gasteiger partial charge in [-0.05, 0) is 12.1 Å². The molecule has 82 valence electrons. The van der Waals surface area contributed by atoms with Crippen molar-refractivity contribution in [3.8, 4) is 0 Å². The molecule has 0 spiro atoms. The van der Waals surface area contributed by atoms with Gasteiger partial charge >= 0.3 is 0 Å². The minimum Gasteiger partial charge on any atom is -0.293 e. The highest BCUT2D eigenvalue weighted by atomic mass is 35.5. The molecule has 0 saturated carbocycles. The first kappa shape index (κ1) is 12.6. The largest absolute Gasteiger partial charge is 0.293 e. The fraction of sp³-hybridized carbons (Fsp3) is 0.417. The highest BCUT2D eigenvalue weighted by Gasteiger charge is 2.14. The predicted molar refractivity (Wildman–Crippen MR) is 68.0 cm³/mol. The molecule has 0 unspecified atom stereocenters. The van der Waals surface area contributed by atoms with Crippen molar-refractivity contribution >= 4 is 29.1 Å². The first-order chi connectivity index (χ1) is 6.88. The molecule has 0 aliphatic rings. The number of rotatable bonds is 3. The van der Waals surface area contributed by atoms with Crippen molar-refractivity contribution in [3.63, 3.8) is 0 Å². The van der Waals surface area contributed by atoms with Crippen LogP contribution in [-0.2, 0) is 0 Å². The second-order valence-electron chi connectivity index (χ2n) is 4.33. The van der Waals surface area contributed by atoms with E-state index in [2.05, 4.69) is 20.8 Å². The van der Waals surface area contributed by atoms with Gasteiger partial charge in [0, 0.05) is 15.3 Å². The molecule has 1 aromatic carbocycles. The topological polar surface area (TPSA) is 17.1 Å². The van der Waals surface area contributed by atoms with Crippen molar-refractivity contribution in [2.75, 3.05) is 5.75 Å². The normalized spacial score (nSPS) is 11.5. The van der Waals surface area contributed by atoms with Crippen LogP contribution in [0.2, 0.25) is 5.02 Å². The monoisotopic (exact) mass is 242 g/mol. The van der Waals surface area contributed by atoms with E-state index in [0.29, 0.717) is 16.3 Å². The predicted octanol–water partition coefficient (Wildman–Crippen LogP) is 4.05. The number of carbonyl (C=O) groups excluding carboxylic acids is 1. The number of ketones is 1. The van der Waals surface area contributed by atoms with Gasteiger partial charge in [-0.25, -0.2) is 0 Å². The summed E-state index contributed by atoms with van der Waals surface area (Å²) in [7, 11) is 0. The van der Waals surface area contributed by atoms with Crippen LogP contribution in [0, 0.1) is 0 Å². The molecule has 15 heavy (non-hydrogen) atoms. The van der Waals surface area contributed by atoms with Gasteiger partial charge in [-0.15, -0.1) is 11.8 Å². The second kappa shape index (κ2) is 5.04. The molecule has 1 aromatic rings. The standard InChI is InChI=1S/C12H15ClOS/c1-12(2,3)15-8-11(14)9-5-4-6-10(13)7-9/h4-7H,8H2,1-3H3. The summed E-state index contributed by atoms with van der Waals surface area (Å²) >= 11 is 7.47. The summed E-state index contributed by atoms with van der Waals surface area (Å²) in [6, 6.07) is 7.09. The van der Waals surface area contributed by atoms with Gasteiger partial charge in [0.25, 0.3) is 0 Å². The molecular formula is C12H15ClOS. The van der Waals surface area contributed by atoms with Crippen LogP contribution in [0.4, 0.5) is 0 Å². The van der Waals surface area contributed by atoms with E-state index in [1.165, 1.54) is 0 Å². The zero-order chi connectivity index (χ0) is 11.5. The maximum absolute atomic E-state index is 11.8. The summed E-state index contributed by atoms with van der Waals surface area (Å²) in [5.41, 5.74) is 0.694. The SMILES string of the molecule is CC(C)(C)SCC(=O)c1cccc(Cl)c1. The van der Waals surface area contributed by atoms with Crippen molar-refractivity contribution < 1.29 is 4.79 Å². The van der Waals surface area contributed by atoms with Crippen LogP contribution >= 0.6 is 23.4 Å². The van der Waals surface area contributed by atoms with Crippen LogP contribution in [-0.4, -0.2) is 16.3 Å². The minimum atomic E-state index is 0.119. The number of Topliss-reactive ketones (excluding diaryl/α,β-unsaturated/α-hetero) is 1. The molecule has 0 atom stereocenters. The van der Waals surface area contributed by atoms with Gasteiger partial charge in [-0.1, -0.05) is 44.5 Å². The van der Waals surface area contributed by atoms with Crippen molar-refractivity contribution in [2.24, 2.45) is 0 Å². The Morgan fingerprint density at radius 2 is 2.07 bits per heavy atom. The highest BCUT2D eigenvalue weighted by Crippen LogP contribution is 2.24. The van der Waals surface area contributed by atoms with Crippen LogP contribution in [0.15, 0.2) is 24.3 Å². The Morgan fingerprint density at radius 1 is 1.40 bits per heavy atom. The third-order valence-corrected chi connectivity index (χ3v) is 3.29. The third kappa shape index (κ3) is 4.72. The van der Waals surface area contributed by atoms with Gasteiger partial charge in [0.05, 0.1) is 5.75 Å². The van der Waals surface area contributed by atoms with E-state index in [1.54, 1.807) is 36.0 Å². The Bertz CT molecular complexity index is 355. The Hall–Kier alpha value is -0.470. The molecule has 0 bridgehead atoms. The lowest BCUT2D eigenvalue weighted by Crippen LogP contribution is -2.13. The van der Waals surface area contributed by atoms with Crippen LogP contribution in [0.3, 0.4) is 0 Å². The van der Waals surface area contributed by atoms with Crippen molar-refractivity contribution in [3.05, 3.63) is 34.9 Å². The number of benzene rings is 1. The van der Waals surface area contributed by atoms with E-state index >= 15 is 0 Å². The fourth-order valence-electron chi connectivity index (χ4n) is 1.03. The first-order valence-corrected chi connectivity index (χ1v) is 6.17. The van der Waals surface area contributed by atoms with Crippen LogP contribution in [0.5, 0.6) is 0 Å². The van der Waals surface area contributed by atoms with E-state index in [1.807, 2.05) is 0 Å². The van der Waals surface area contributed by atoms with Crippen LogP contribution in [0.1, 0.15) is 31.1 Å². The fourth-order valence-corrected chi connectivity index (χ4v) is 1.95. The Kier molecular flexibility index (Phi) is 4.23. The lowest BCUT2D eigenvalue weighted by atomic mass is 10.1. The van der Waals surface area contributed by atoms with E-state index in [0.717, 1.165) is 0 Å². The summed E-state index contributed by atoms with van der Waals surface area (Å²) < 4.78 is 0.119. The molecule has 0 aromatic heterocycles. The molecule has 0 heterocycles. The maximum Gasteiger partial charge on any atom is 0.172 e. The van der Waals surface area contributed by atoms with Gasteiger partial charge in [-0.3, -0.25) is 4.79 Å². The minimum absolute atomic E-state index is 0.119. The molecule has 1 nitrogen and oxygen atoms in total. The Labute approximate surface area is 100 Å². The molecule has 0 amide bonds. The second-order valence-corrected chi connectivity index (χ2v) is 6.57. The van der Waals surface area contributed by atoms with Crippen molar-refractivity contribution in [1.29, 1.82) is 0 Å². The quantitative estimate of drug-likeness (QED) is 0.744. The van der Waals surface area contributed by atoms with Crippen molar-refractivity contribution in [2.45, 2.75) is 25.5 Å². The average Bonchev–Trinajstić information content (AvgIpc) is 2.13. The van der Waals surface area contributed by atoms with E-state index in [4.69, 9.17) is 11.6 Å². The molecule has 0 N–H and O–H groups in total. The maximum atomic E-state index is 11.8. The van der Waals surface area contributed by atoms with Gasteiger partial charge in [0.2, 0.25) is 0 Å². The van der Waals surface area contributed by atoms with E-state index < -0.39 is 0 Å². The molecule has 0 aliphatic heterocycles. The Morgan fingerprint density at radius 3 is 2.60 bits per heavy atom. The van der Waals surface area contributed by atoms with Gasteiger partial charge in [-0.2, -0.15) is 0 Å². The number of hydrogen-bond donors (Lipinski definition) is 0. The van der Waals surface area contributed by atoms with E-state index in [9.17, 15) is 4.79 Å². The number of thioether (sulfide) groups is 1. The highest BCUT2D eigenvalue weighted by molar-refractivity contribution is 8.01. The first-order valence-electron chi connectivity index (χ1n) is 4.81. The molecule has 3 heteroatoms. The summed E-state index contributed by atoms with van der Waals surface area (Å²) in [5.74, 6) is 0.640. The van der Waals surface area contributed by atoms with E-state index in [-0.39, 0.29) is 10.5 Å². The lowest BCUT2D eigenvalue weighted by Gasteiger charge is -2.16.